The lowest BCUT2D eigenvalue weighted by molar-refractivity contribution is -0.118. The van der Waals surface area contributed by atoms with E-state index >= 15 is 0 Å². The van der Waals surface area contributed by atoms with Crippen molar-refractivity contribution in [2.75, 3.05) is 11.9 Å². The highest BCUT2D eigenvalue weighted by molar-refractivity contribution is 7.15. The maximum absolute atomic E-state index is 12.3. The van der Waals surface area contributed by atoms with E-state index in [2.05, 4.69) is 43.2 Å². The van der Waals surface area contributed by atoms with Gasteiger partial charge in [-0.1, -0.05) is 32.9 Å². The number of carbonyl (C=O) groups excluding carboxylic acids is 1. The molecular formula is C20H26N2O2S. The molecule has 2 aromatic rings. The molecule has 0 fully saturated rings. The van der Waals surface area contributed by atoms with Crippen LogP contribution in [0.5, 0.6) is 5.75 Å². The minimum absolute atomic E-state index is 0.00379. The second-order valence-electron chi connectivity index (χ2n) is 7.27. The van der Waals surface area contributed by atoms with Gasteiger partial charge in [-0.05, 0) is 55.2 Å². The van der Waals surface area contributed by atoms with Crippen LogP contribution in [-0.4, -0.2) is 17.5 Å². The Morgan fingerprint density at radius 2 is 2.24 bits per heavy atom. The summed E-state index contributed by atoms with van der Waals surface area (Å²) < 4.78 is 5.80. The van der Waals surface area contributed by atoms with Crippen molar-refractivity contribution >= 4 is 22.4 Å². The number of thiazole rings is 1. The summed E-state index contributed by atoms with van der Waals surface area (Å²) in [6.45, 7) is 8.54. The van der Waals surface area contributed by atoms with Crippen molar-refractivity contribution in [3.05, 3.63) is 39.9 Å². The standard InChI is InChI=1S/C20H26N2O2S/c1-12(2)15-7-5-13(3)9-17(15)24-11-19(23)22-20-21-16-8-6-14(4)10-18(16)25-20/h5,7,9,12,14H,6,8,10-11H2,1-4H3,(H,21,22,23)/t14-/m0/s1. The van der Waals surface area contributed by atoms with Crippen LogP contribution in [0.4, 0.5) is 5.13 Å². The van der Waals surface area contributed by atoms with E-state index < -0.39 is 0 Å². The lowest BCUT2D eigenvalue weighted by Gasteiger charge is -2.15. The molecule has 4 nitrogen and oxygen atoms in total. The number of amides is 1. The Morgan fingerprint density at radius 3 is 3.00 bits per heavy atom. The summed E-state index contributed by atoms with van der Waals surface area (Å²) in [5.41, 5.74) is 3.40. The lowest BCUT2D eigenvalue weighted by Crippen LogP contribution is -2.20. The van der Waals surface area contributed by atoms with E-state index in [-0.39, 0.29) is 12.5 Å². The molecule has 25 heavy (non-hydrogen) atoms. The summed E-state index contributed by atoms with van der Waals surface area (Å²) in [6, 6.07) is 6.14. The first-order valence-electron chi connectivity index (χ1n) is 8.94. The molecule has 3 rings (SSSR count). The molecule has 0 bridgehead atoms. The van der Waals surface area contributed by atoms with Crippen LogP contribution in [0, 0.1) is 12.8 Å². The summed E-state index contributed by atoms with van der Waals surface area (Å²) in [6.07, 6.45) is 3.26. The van der Waals surface area contributed by atoms with Crippen LogP contribution in [0.25, 0.3) is 0 Å². The molecule has 0 unspecified atom stereocenters. The van der Waals surface area contributed by atoms with Crippen LogP contribution >= 0.6 is 11.3 Å². The highest BCUT2D eigenvalue weighted by Gasteiger charge is 2.20. The zero-order valence-corrected chi connectivity index (χ0v) is 16.2. The normalized spacial score (nSPS) is 16.6. The van der Waals surface area contributed by atoms with Gasteiger partial charge in [-0.15, -0.1) is 11.3 Å². The van der Waals surface area contributed by atoms with Gasteiger partial charge in [0.25, 0.3) is 5.91 Å². The van der Waals surface area contributed by atoms with Gasteiger partial charge in [-0.25, -0.2) is 4.98 Å². The van der Waals surface area contributed by atoms with Gasteiger partial charge >= 0.3 is 0 Å². The maximum atomic E-state index is 12.3. The molecule has 0 radical (unpaired) electrons. The third-order valence-corrected chi connectivity index (χ3v) is 5.62. The molecule has 1 atom stereocenters. The fraction of sp³-hybridized carbons (Fsp3) is 0.500. The Labute approximate surface area is 153 Å². The Kier molecular flexibility index (Phi) is 5.42. The van der Waals surface area contributed by atoms with Gasteiger partial charge in [0.2, 0.25) is 0 Å². The van der Waals surface area contributed by atoms with Crippen LogP contribution in [0.3, 0.4) is 0 Å². The smallest absolute Gasteiger partial charge is 0.264 e. The topological polar surface area (TPSA) is 51.2 Å². The SMILES string of the molecule is Cc1ccc(C(C)C)c(OCC(=O)Nc2nc3c(s2)C[C@@H](C)CC3)c1. The summed E-state index contributed by atoms with van der Waals surface area (Å²) in [7, 11) is 0. The Morgan fingerprint density at radius 1 is 1.44 bits per heavy atom. The van der Waals surface area contributed by atoms with E-state index in [1.165, 1.54) is 11.3 Å². The molecule has 1 aliphatic rings. The van der Waals surface area contributed by atoms with E-state index in [0.717, 1.165) is 35.4 Å². The first kappa shape index (κ1) is 17.9. The van der Waals surface area contributed by atoms with Crippen molar-refractivity contribution in [1.29, 1.82) is 0 Å². The molecule has 0 saturated carbocycles. The molecule has 1 aromatic carbocycles. The highest BCUT2D eigenvalue weighted by Crippen LogP contribution is 2.32. The number of ether oxygens (including phenoxy) is 1. The van der Waals surface area contributed by atoms with Crippen LogP contribution in [0.15, 0.2) is 18.2 Å². The second kappa shape index (κ2) is 7.56. The summed E-state index contributed by atoms with van der Waals surface area (Å²) >= 11 is 1.60. The summed E-state index contributed by atoms with van der Waals surface area (Å²) in [5.74, 6) is 1.69. The number of nitrogens with zero attached hydrogens (tertiary/aromatic N) is 1. The number of benzene rings is 1. The first-order valence-corrected chi connectivity index (χ1v) is 9.75. The fourth-order valence-corrected chi connectivity index (χ4v) is 4.32. The van der Waals surface area contributed by atoms with E-state index in [1.807, 2.05) is 13.0 Å². The highest BCUT2D eigenvalue weighted by atomic mass is 32.1. The molecule has 0 aliphatic heterocycles. The van der Waals surface area contributed by atoms with Gasteiger partial charge in [-0.2, -0.15) is 0 Å². The maximum Gasteiger partial charge on any atom is 0.264 e. The van der Waals surface area contributed by atoms with Gasteiger partial charge in [0.05, 0.1) is 5.69 Å². The molecule has 0 saturated heterocycles. The number of fused-ring (bicyclic) bond motifs is 1. The molecule has 1 aliphatic carbocycles. The number of hydrogen-bond acceptors (Lipinski definition) is 4. The molecule has 134 valence electrons. The van der Waals surface area contributed by atoms with Crippen molar-refractivity contribution in [3.8, 4) is 5.75 Å². The molecular weight excluding hydrogens is 332 g/mol. The number of hydrogen-bond donors (Lipinski definition) is 1. The molecule has 1 N–H and O–H groups in total. The Balaban J connectivity index is 1.61. The predicted octanol–water partition coefficient (Wildman–Crippen LogP) is 4.72. The zero-order chi connectivity index (χ0) is 18.0. The monoisotopic (exact) mass is 358 g/mol. The van der Waals surface area contributed by atoms with Gasteiger partial charge in [0, 0.05) is 4.88 Å². The van der Waals surface area contributed by atoms with E-state index in [9.17, 15) is 4.79 Å². The minimum Gasteiger partial charge on any atom is -0.483 e. The van der Waals surface area contributed by atoms with Gasteiger partial charge in [-0.3, -0.25) is 10.1 Å². The van der Waals surface area contributed by atoms with E-state index in [1.54, 1.807) is 11.3 Å². The van der Waals surface area contributed by atoms with Gasteiger partial charge in [0.1, 0.15) is 5.75 Å². The third kappa shape index (κ3) is 4.40. The quantitative estimate of drug-likeness (QED) is 0.841. The molecule has 5 heteroatoms. The Hall–Kier alpha value is -1.88. The second-order valence-corrected chi connectivity index (χ2v) is 8.35. The van der Waals surface area contributed by atoms with Gasteiger partial charge in [0.15, 0.2) is 11.7 Å². The number of aromatic nitrogens is 1. The minimum atomic E-state index is -0.157. The molecule has 1 heterocycles. The van der Waals surface area contributed by atoms with E-state index in [0.29, 0.717) is 17.0 Å². The third-order valence-electron chi connectivity index (χ3n) is 4.58. The van der Waals surface area contributed by atoms with Gasteiger partial charge < -0.3 is 4.74 Å². The first-order chi connectivity index (χ1) is 11.9. The van der Waals surface area contributed by atoms with Crippen molar-refractivity contribution in [3.63, 3.8) is 0 Å². The number of nitrogens with one attached hydrogen (secondary N) is 1. The van der Waals surface area contributed by atoms with Crippen LogP contribution < -0.4 is 10.1 Å². The van der Waals surface area contributed by atoms with Crippen molar-refractivity contribution in [2.45, 2.75) is 52.9 Å². The summed E-state index contributed by atoms with van der Waals surface area (Å²) in [5, 5.41) is 3.59. The van der Waals surface area contributed by atoms with E-state index in [4.69, 9.17) is 4.74 Å². The molecule has 1 aromatic heterocycles. The zero-order valence-electron chi connectivity index (χ0n) is 15.4. The predicted molar refractivity (Wildman–Crippen MR) is 103 cm³/mol. The number of aryl methyl sites for hydroxylation is 2. The number of carbonyl (C=O) groups is 1. The van der Waals surface area contributed by atoms with Crippen LogP contribution in [0.1, 0.15) is 54.8 Å². The molecule has 1 amide bonds. The number of rotatable bonds is 5. The average Bonchev–Trinajstić information content (AvgIpc) is 2.93. The van der Waals surface area contributed by atoms with Crippen molar-refractivity contribution in [1.82, 2.24) is 4.98 Å². The van der Waals surface area contributed by atoms with Crippen LogP contribution in [0.2, 0.25) is 0 Å². The summed E-state index contributed by atoms with van der Waals surface area (Å²) in [4.78, 5) is 18.1. The number of anilines is 1. The largest absolute Gasteiger partial charge is 0.483 e. The van der Waals surface area contributed by atoms with Crippen molar-refractivity contribution in [2.24, 2.45) is 5.92 Å². The van der Waals surface area contributed by atoms with Crippen LogP contribution in [-0.2, 0) is 17.6 Å². The lowest BCUT2D eigenvalue weighted by atomic mass is 9.93. The Bertz CT molecular complexity index is 767. The average molecular weight is 359 g/mol. The fourth-order valence-electron chi connectivity index (χ4n) is 3.14. The molecule has 0 spiro atoms. The van der Waals surface area contributed by atoms with Crippen molar-refractivity contribution < 1.29 is 9.53 Å².